The predicted molar refractivity (Wildman–Crippen MR) is 163 cm³/mol. The molecule has 3 fully saturated rings. The van der Waals surface area contributed by atoms with Crippen molar-refractivity contribution in [1.82, 2.24) is 10.2 Å². The van der Waals surface area contributed by atoms with E-state index in [-0.39, 0.29) is 30.6 Å². The van der Waals surface area contributed by atoms with Crippen LogP contribution in [-0.4, -0.2) is 60.7 Å². The van der Waals surface area contributed by atoms with Crippen LogP contribution in [0.1, 0.15) is 61.3 Å². The lowest BCUT2D eigenvalue weighted by molar-refractivity contribution is -0.278. The number of aliphatic hydroxyl groups is 1. The molecule has 228 valence electrons. The van der Waals surface area contributed by atoms with Gasteiger partial charge in [0.2, 0.25) is 5.91 Å². The van der Waals surface area contributed by atoms with Crippen LogP contribution in [0.3, 0.4) is 0 Å². The lowest BCUT2D eigenvalue weighted by Crippen LogP contribution is -2.50. The van der Waals surface area contributed by atoms with Crippen LogP contribution in [0.4, 0.5) is 0 Å². The Hall–Kier alpha value is -3.11. The normalized spacial score (nSPS) is 25.6. The molecule has 0 aromatic heterocycles. The van der Waals surface area contributed by atoms with E-state index in [1.54, 1.807) is 0 Å². The van der Waals surface area contributed by atoms with Crippen LogP contribution in [0.5, 0.6) is 0 Å². The van der Waals surface area contributed by atoms with E-state index in [2.05, 4.69) is 65.7 Å². The average Bonchev–Trinajstić information content (AvgIpc) is 3.50. The van der Waals surface area contributed by atoms with Crippen molar-refractivity contribution in [2.24, 2.45) is 5.92 Å². The van der Waals surface area contributed by atoms with Gasteiger partial charge in [-0.2, -0.15) is 0 Å². The van der Waals surface area contributed by atoms with Gasteiger partial charge in [0, 0.05) is 57.4 Å². The number of carbonyl (C=O) groups excluding carboxylic acids is 1. The van der Waals surface area contributed by atoms with Crippen molar-refractivity contribution in [3.63, 3.8) is 0 Å². The molecule has 0 aliphatic carbocycles. The molecule has 3 aliphatic rings. The van der Waals surface area contributed by atoms with Crippen LogP contribution in [0.25, 0.3) is 11.1 Å². The molecule has 2 N–H and O–H groups in total. The number of amides is 1. The summed E-state index contributed by atoms with van der Waals surface area (Å²) in [6.07, 6.45) is 1.04. The summed E-state index contributed by atoms with van der Waals surface area (Å²) in [6.45, 7) is 8.23. The fourth-order valence-electron chi connectivity index (χ4n) is 6.36. The Kier molecular flexibility index (Phi) is 9.23. The Bertz CT molecular complexity index is 1360. The molecule has 3 aromatic carbocycles. The standard InChI is InChI=1S/C35H42N2O6/c1-24-32(22-37-16-14-35(15-17-37)40-18-19-41-35)42-34(43-33(24)29-8-6-26(23-38)7-9-29)30-12-10-28(11-13-30)31-5-3-4-27(20-31)21-36-25(2)39/h3-13,20,24,32-34,38H,14-19,21-23H2,1-2H3,(H,36,39)/t24-,32+,33+,34+/m1/s1. The molecule has 6 rings (SSSR count). The highest BCUT2D eigenvalue weighted by Gasteiger charge is 2.43. The number of benzene rings is 3. The maximum absolute atomic E-state index is 11.4. The fraction of sp³-hybridized carbons (Fsp3) is 0.457. The van der Waals surface area contributed by atoms with Crippen LogP contribution in [0, 0.1) is 5.92 Å². The Morgan fingerprint density at radius 3 is 2.28 bits per heavy atom. The van der Waals surface area contributed by atoms with Crippen LogP contribution in [-0.2, 0) is 36.9 Å². The number of hydrogen-bond donors (Lipinski definition) is 2. The molecule has 3 saturated heterocycles. The largest absolute Gasteiger partial charge is 0.392 e. The van der Waals surface area contributed by atoms with E-state index < -0.39 is 12.1 Å². The van der Waals surface area contributed by atoms with Crippen molar-refractivity contribution in [1.29, 1.82) is 0 Å². The Balaban J connectivity index is 1.20. The lowest BCUT2D eigenvalue weighted by atomic mass is 9.89. The van der Waals surface area contributed by atoms with Crippen molar-refractivity contribution in [2.75, 3.05) is 32.8 Å². The second-order valence-corrected chi connectivity index (χ2v) is 12.0. The Labute approximate surface area is 253 Å². The number of nitrogens with zero attached hydrogens (tertiary/aromatic N) is 1. The highest BCUT2D eigenvalue weighted by Crippen LogP contribution is 2.42. The predicted octanol–water partition coefficient (Wildman–Crippen LogP) is 5.11. The van der Waals surface area contributed by atoms with E-state index >= 15 is 0 Å². The topological polar surface area (TPSA) is 89.5 Å². The fourth-order valence-corrected chi connectivity index (χ4v) is 6.36. The molecule has 4 atom stereocenters. The van der Waals surface area contributed by atoms with Gasteiger partial charge in [-0.3, -0.25) is 4.79 Å². The molecule has 0 unspecified atom stereocenters. The first-order valence-corrected chi connectivity index (χ1v) is 15.4. The van der Waals surface area contributed by atoms with Gasteiger partial charge in [0.1, 0.15) is 0 Å². The van der Waals surface area contributed by atoms with Crippen molar-refractivity contribution >= 4 is 5.91 Å². The third kappa shape index (κ3) is 7.01. The number of piperidine rings is 1. The summed E-state index contributed by atoms with van der Waals surface area (Å²) < 4.78 is 25.3. The number of hydrogen-bond acceptors (Lipinski definition) is 7. The molecule has 8 nitrogen and oxygen atoms in total. The van der Waals surface area contributed by atoms with Gasteiger partial charge in [-0.25, -0.2) is 0 Å². The van der Waals surface area contributed by atoms with Gasteiger partial charge in [-0.15, -0.1) is 0 Å². The van der Waals surface area contributed by atoms with Crippen LogP contribution >= 0.6 is 0 Å². The third-order valence-electron chi connectivity index (χ3n) is 8.98. The van der Waals surface area contributed by atoms with Crippen molar-refractivity contribution in [3.05, 3.63) is 95.1 Å². The number of rotatable bonds is 8. The van der Waals surface area contributed by atoms with Crippen molar-refractivity contribution in [3.8, 4) is 11.1 Å². The first-order valence-electron chi connectivity index (χ1n) is 15.4. The van der Waals surface area contributed by atoms with Gasteiger partial charge in [0.05, 0.1) is 32.0 Å². The molecular weight excluding hydrogens is 544 g/mol. The molecule has 3 aromatic rings. The first kappa shape index (κ1) is 29.9. The van der Waals surface area contributed by atoms with Crippen LogP contribution in [0.2, 0.25) is 0 Å². The van der Waals surface area contributed by atoms with E-state index in [4.69, 9.17) is 18.9 Å². The average molecular weight is 587 g/mol. The zero-order chi connectivity index (χ0) is 29.8. The van der Waals surface area contributed by atoms with Gasteiger partial charge in [-0.05, 0) is 33.9 Å². The highest BCUT2D eigenvalue weighted by atomic mass is 16.7. The monoisotopic (exact) mass is 586 g/mol. The van der Waals surface area contributed by atoms with Gasteiger partial charge in [0.15, 0.2) is 12.1 Å². The molecule has 0 bridgehead atoms. The first-order chi connectivity index (χ1) is 20.9. The summed E-state index contributed by atoms with van der Waals surface area (Å²) in [4.78, 5) is 13.8. The van der Waals surface area contributed by atoms with Crippen LogP contribution < -0.4 is 5.32 Å². The molecular formula is C35H42N2O6. The molecule has 1 amide bonds. The van der Waals surface area contributed by atoms with Gasteiger partial charge in [-0.1, -0.05) is 73.7 Å². The molecule has 0 saturated carbocycles. The smallest absolute Gasteiger partial charge is 0.217 e. The van der Waals surface area contributed by atoms with Crippen LogP contribution in [0.15, 0.2) is 72.8 Å². The SMILES string of the molecule is CC(=O)NCc1cccc(-c2ccc([C@H]3O[C@@H](CN4CCC5(CC4)OCCO5)[C@@H](C)[C@@H](c4ccc(CO)cc4)O3)cc2)c1. The molecule has 43 heavy (non-hydrogen) atoms. The highest BCUT2D eigenvalue weighted by molar-refractivity contribution is 5.73. The minimum atomic E-state index is -0.512. The van der Waals surface area contributed by atoms with E-state index in [9.17, 15) is 9.90 Å². The number of likely N-dealkylation sites (tertiary alicyclic amines) is 1. The second kappa shape index (κ2) is 13.3. The molecule has 1 spiro atoms. The van der Waals surface area contributed by atoms with Crippen molar-refractivity contribution in [2.45, 2.75) is 64.1 Å². The quantitative estimate of drug-likeness (QED) is 0.379. The van der Waals surface area contributed by atoms with Gasteiger partial charge < -0.3 is 34.3 Å². The number of nitrogens with one attached hydrogen (secondary N) is 1. The molecule has 3 aliphatic heterocycles. The summed E-state index contributed by atoms with van der Waals surface area (Å²) in [5, 5.41) is 12.4. The summed E-state index contributed by atoms with van der Waals surface area (Å²) in [5.41, 5.74) is 6.16. The molecule has 0 radical (unpaired) electrons. The zero-order valence-corrected chi connectivity index (χ0v) is 25.0. The zero-order valence-electron chi connectivity index (χ0n) is 25.0. The minimum absolute atomic E-state index is 0.0160. The Morgan fingerprint density at radius 1 is 0.907 bits per heavy atom. The molecule has 3 heterocycles. The number of carbonyl (C=O) groups is 1. The maximum Gasteiger partial charge on any atom is 0.217 e. The van der Waals surface area contributed by atoms with E-state index in [0.29, 0.717) is 19.8 Å². The van der Waals surface area contributed by atoms with Gasteiger partial charge >= 0.3 is 0 Å². The van der Waals surface area contributed by atoms with Gasteiger partial charge in [0.25, 0.3) is 0 Å². The summed E-state index contributed by atoms with van der Waals surface area (Å²) in [6, 6.07) is 24.6. The minimum Gasteiger partial charge on any atom is -0.392 e. The molecule has 8 heteroatoms. The van der Waals surface area contributed by atoms with E-state index in [0.717, 1.165) is 65.9 Å². The number of aliphatic hydroxyl groups excluding tert-OH is 1. The number of ether oxygens (including phenoxy) is 4. The lowest BCUT2D eigenvalue weighted by Gasteiger charge is -2.44. The van der Waals surface area contributed by atoms with E-state index in [1.165, 1.54) is 6.92 Å². The maximum atomic E-state index is 11.4. The summed E-state index contributed by atoms with van der Waals surface area (Å²) >= 11 is 0. The van der Waals surface area contributed by atoms with E-state index in [1.807, 2.05) is 24.3 Å². The summed E-state index contributed by atoms with van der Waals surface area (Å²) in [7, 11) is 0. The second-order valence-electron chi connectivity index (χ2n) is 12.0. The Morgan fingerprint density at radius 2 is 1.60 bits per heavy atom. The summed E-state index contributed by atoms with van der Waals surface area (Å²) in [5.74, 6) is -0.320. The third-order valence-corrected chi connectivity index (χ3v) is 8.98. The van der Waals surface area contributed by atoms with Crippen molar-refractivity contribution < 1.29 is 28.8 Å².